The molecule has 0 aliphatic rings. The Kier molecular flexibility index (Phi) is 5.26. The Morgan fingerprint density at radius 3 is 2.24 bits per heavy atom. The summed E-state index contributed by atoms with van der Waals surface area (Å²) < 4.78 is 37.8. The molecule has 9 heteroatoms. The van der Waals surface area contributed by atoms with Gasteiger partial charge in [-0.05, 0) is 29.3 Å². The van der Waals surface area contributed by atoms with Crippen LogP contribution in [0.1, 0.15) is 22.6 Å². The van der Waals surface area contributed by atoms with Crippen molar-refractivity contribution in [2.75, 3.05) is 5.73 Å². The first kappa shape index (κ1) is 18.2. The van der Waals surface area contributed by atoms with Crippen molar-refractivity contribution in [3.8, 4) is 0 Å². The molecule has 0 aliphatic heterocycles. The zero-order valence-electron chi connectivity index (χ0n) is 12.9. The fraction of sp³-hybridized carbons (Fsp3) is 0.188. The van der Waals surface area contributed by atoms with E-state index >= 15 is 0 Å². The lowest BCUT2D eigenvalue weighted by molar-refractivity contribution is -0.137. The summed E-state index contributed by atoms with van der Waals surface area (Å²) in [5.41, 5.74) is 10.5. The van der Waals surface area contributed by atoms with E-state index in [1.165, 1.54) is 6.20 Å². The van der Waals surface area contributed by atoms with Gasteiger partial charge in [0.2, 0.25) is 11.8 Å². The molecule has 0 radical (unpaired) electrons. The highest BCUT2D eigenvalue weighted by atomic mass is 19.4. The quantitative estimate of drug-likeness (QED) is 0.709. The Morgan fingerprint density at radius 2 is 1.76 bits per heavy atom. The van der Waals surface area contributed by atoms with Crippen molar-refractivity contribution in [1.82, 2.24) is 10.3 Å². The number of aromatic nitrogens is 1. The Labute approximate surface area is 141 Å². The van der Waals surface area contributed by atoms with Crippen LogP contribution in [-0.2, 0) is 22.3 Å². The molecule has 0 saturated heterocycles. The van der Waals surface area contributed by atoms with E-state index < -0.39 is 29.5 Å². The monoisotopic (exact) mass is 352 g/mol. The lowest BCUT2D eigenvalue weighted by Gasteiger charge is -2.15. The normalized spacial score (nSPS) is 12.4. The van der Waals surface area contributed by atoms with Crippen molar-refractivity contribution < 1.29 is 22.8 Å². The minimum atomic E-state index is -4.51. The van der Waals surface area contributed by atoms with Crippen LogP contribution >= 0.6 is 0 Å². The number of alkyl halides is 3. The standard InChI is InChI=1S/C16H15F3N4O2/c17-16(18,19)11-4-2-10(3-5-11)13(14(21)24)15(25)23-8-9-1-6-12(20)22-7-9/h1-7,13H,8H2,(H2,20,22)(H2,21,24)(H,23,25)/t13-/m0/s1. The summed E-state index contributed by atoms with van der Waals surface area (Å²) in [6, 6.07) is 6.89. The van der Waals surface area contributed by atoms with Gasteiger partial charge in [-0.25, -0.2) is 4.98 Å². The van der Waals surface area contributed by atoms with Crippen LogP contribution in [0.4, 0.5) is 19.0 Å². The van der Waals surface area contributed by atoms with Gasteiger partial charge in [-0.3, -0.25) is 9.59 Å². The van der Waals surface area contributed by atoms with Gasteiger partial charge in [-0.2, -0.15) is 13.2 Å². The molecule has 1 aromatic carbocycles. The molecule has 2 amide bonds. The van der Waals surface area contributed by atoms with E-state index in [9.17, 15) is 22.8 Å². The maximum atomic E-state index is 12.6. The molecular formula is C16H15F3N4O2. The minimum absolute atomic E-state index is 0.0660. The van der Waals surface area contributed by atoms with Gasteiger partial charge < -0.3 is 16.8 Å². The van der Waals surface area contributed by atoms with Crippen LogP contribution in [0.2, 0.25) is 0 Å². The molecule has 0 spiro atoms. The first-order chi connectivity index (χ1) is 11.7. The SMILES string of the molecule is NC(=O)[C@@H](C(=O)NCc1ccc(N)nc1)c1ccc(C(F)(F)F)cc1. The Hall–Kier alpha value is -3.10. The molecule has 25 heavy (non-hydrogen) atoms. The van der Waals surface area contributed by atoms with E-state index in [2.05, 4.69) is 10.3 Å². The molecule has 0 saturated carbocycles. The van der Waals surface area contributed by atoms with Gasteiger partial charge in [0, 0.05) is 12.7 Å². The highest BCUT2D eigenvalue weighted by Gasteiger charge is 2.32. The number of nitrogens with zero attached hydrogens (tertiary/aromatic N) is 1. The smallest absolute Gasteiger partial charge is 0.384 e. The zero-order valence-corrected chi connectivity index (χ0v) is 12.9. The van der Waals surface area contributed by atoms with Crippen molar-refractivity contribution in [3.63, 3.8) is 0 Å². The highest BCUT2D eigenvalue weighted by molar-refractivity contribution is 6.05. The molecule has 0 unspecified atom stereocenters. The lowest BCUT2D eigenvalue weighted by Crippen LogP contribution is -2.36. The van der Waals surface area contributed by atoms with Crippen LogP contribution in [0.15, 0.2) is 42.6 Å². The predicted octanol–water partition coefficient (Wildman–Crippen LogP) is 1.57. The molecule has 1 heterocycles. The number of amides is 2. The van der Waals surface area contributed by atoms with Gasteiger partial charge in [0.25, 0.3) is 0 Å². The molecule has 2 rings (SSSR count). The summed E-state index contributed by atoms with van der Waals surface area (Å²) >= 11 is 0. The predicted molar refractivity (Wildman–Crippen MR) is 83.9 cm³/mol. The average molecular weight is 352 g/mol. The molecule has 0 bridgehead atoms. The summed E-state index contributed by atoms with van der Waals surface area (Å²) in [6.07, 6.45) is -3.06. The molecule has 2 aromatic rings. The van der Waals surface area contributed by atoms with E-state index in [1.54, 1.807) is 12.1 Å². The number of hydrogen-bond acceptors (Lipinski definition) is 4. The minimum Gasteiger partial charge on any atom is -0.384 e. The van der Waals surface area contributed by atoms with Gasteiger partial charge >= 0.3 is 6.18 Å². The summed E-state index contributed by atoms with van der Waals surface area (Å²) in [5, 5.41) is 2.50. The number of nitrogen functional groups attached to an aromatic ring is 1. The van der Waals surface area contributed by atoms with Crippen LogP contribution in [-0.4, -0.2) is 16.8 Å². The Morgan fingerprint density at radius 1 is 1.12 bits per heavy atom. The molecule has 132 valence electrons. The number of pyridine rings is 1. The second kappa shape index (κ2) is 7.20. The van der Waals surface area contributed by atoms with Crippen LogP contribution in [0, 0.1) is 0 Å². The molecule has 1 atom stereocenters. The van der Waals surface area contributed by atoms with Crippen LogP contribution in [0.5, 0.6) is 0 Å². The summed E-state index contributed by atoms with van der Waals surface area (Å²) in [7, 11) is 0. The summed E-state index contributed by atoms with van der Waals surface area (Å²) in [5.74, 6) is -2.77. The molecule has 5 N–H and O–H groups in total. The van der Waals surface area contributed by atoms with Crippen molar-refractivity contribution in [2.24, 2.45) is 5.73 Å². The lowest BCUT2D eigenvalue weighted by atomic mass is 9.96. The van der Waals surface area contributed by atoms with Crippen molar-refractivity contribution >= 4 is 17.6 Å². The number of nitrogens with one attached hydrogen (secondary N) is 1. The number of halogens is 3. The second-order valence-corrected chi connectivity index (χ2v) is 5.26. The number of nitrogens with two attached hydrogens (primary N) is 2. The van der Waals surface area contributed by atoms with Crippen LogP contribution in [0.3, 0.4) is 0 Å². The third-order valence-electron chi connectivity index (χ3n) is 3.43. The van der Waals surface area contributed by atoms with Crippen LogP contribution in [0.25, 0.3) is 0 Å². The largest absolute Gasteiger partial charge is 0.416 e. The van der Waals surface area contributed by atoms with Crippen LogP contribution < -0.4 is 16.8 Å². The second-order valence-electron chi connectivity index (χ2n) is 5.26. The Bertz CT molecular complexity index is 758. The van der Waals surface area contributed by atoms with Crippen molar-refractivity contribution in [1.29, 1.82) is 0 Å². The number of primary amides is 1. The van der Waals surface area contributed by atoms with Gasteiger partial charge in [0.1, 0.15) is 11.7 Å². The average Bonchev–Trinajstić information content (AvgIpc) is 2.54. The third-order valence-corrected chi connectivity index (χ3v) is 3.43. The maximum Gasteiger partial charge on any atom is 0.416 e. The fourth-order valence-corrected chi connectivity index (χ4v) is 2.14. The molecule has 6 nitrogen and oxygen atoms in total. The summed E-state index contributed by atoms with van der Waals surface area (Å²) in [6.45, 7) is 0.0660. The van der Waals surface area contributed by atoms with E-state index in [1.807, 2.05) is 0 Å². The molecule has 0 aliphatic carbocycles. The van der Waals surface area contributed by atoms with E-state index in [-0.39, 0.29) is 12.1 Å². The number of anilines is 1. The van der Waals surface area contributed by atoms with Gasteiger partial charge in [-0.15, -0.1) is 0 Å². The number of benzene rings is 1. The maximum absolute atomic E-state index is 12.6. The molecule has 1 aromatic heterocycles. The Balaban J connectivity index is 2.12. The summed E-state index contributed by atoms with van der Waals surface area (Å²) in [4.78, 5) is 27.7. The molecule has 0 fully saturated rings. The van der Waals surface area contributed by atoms with Gasteiger partial charge in [0.05, 0.1) is 5.56 Å². The van der Waals surface area contributed by atoms with Crippen molar-refractivity contribution in [2.45, 2.75) is 18.6 Å². The van der Waals surface area contributed by atoms with Gasteiger partial charge in [0.15, 0.2) is 0 Å². The van der Waals surface area contributed by atoms with E-state index in [4.69, 9.17) is 11.5 Å². The number of rotatable bonds is 5. The topological polar surface area (TPSA) is 111 Å². The zero-order chi connectivity index (χ0) is 18.6. The molecular weight excluding hydrogens is 337 g/mol. The van der Waals surface area contributed by atoms with E-state index in [0.29, 0.717) is 11.4 Å². The number of hydrogen-bond donors (Lipinski definition) is 3. The first-order valence-corrected chi connectivity index (χ1v) is 7.13. The highest BCUT2D eigenvalue weighted by Crippen LogP contribution is 2.30. The van der Waals surface area contributed by atoms with E-state index in [0.717, 1.165) is 24.3 Å². The number of carbonyl (C=O) groups is 2. The fourth-order valence-electron chi connectivity index (χ4n) is 2.14. The van der Waals surface area contributed by atoms with Gasteiger partial charge in [-0.1, -0.05) is 18.2 Å². The first-order valence-electron chi connectivity index (χ1n) is 7.13. The third kappa shape index (κ3) is 4.69. The van der Waals surface area contributed by atoms with Crippen molar-refractivity contribution in [3.05, 3.63) is 59.3 Å². The number of carbonyl (C=O) groups excluding carboxylic acids is 2.